The summed E-state index contributed by atoms with van der Waals surface area (Å²) in [5.41, 5.74) is 6.96. The van der Waals surface area contributed by atoms with Gasteiger partial charge in [-0.2, -0.15) is 0 Å². The van der Waals surface area contributed by atoms with Gasteiger partial charge < -0.3 is 20.6 Å². The molecular formula is C14H21N5O. The summed E-state index contributed by atoms with van der Waals surface area (Å²) in [6.07, 6.45) is 5.97. The number of carbonyl (C=O) groups is 1. The van der Waals surface area contributed by atoms with Gasteiger partial charge in [-0.25, -0.2) is 4.98 Å². The number of H-pyrrole nitrogens is 1. The van der Waals surface area contributed by atoms with Crippen molar-refractivity contribution in [3.8, 4) is 0 Å². The quantitative estimate of drug-likeness (QED) is 0.782. The van der Waals surface area contributed by atoms with Crippen molar-refractivity contribution in [1.82, 2.24) is 19.9 Å². The van der Waals surface area contributed by atoms with E-state index in [2.05, 4.69) is 15.3 Å². The molecule has 0 spiro atoms. The van der Waals surface area contributed by atoms with E-state index in [1.54, 1.807) is 24.7 Å². The molecule has 6 nitrogen and oxygen atoms in total. The number of imidazole rings is 1. The van der Waals surface area contributed by atoms with Crippen molar-refractivity contribution in [2.75, 3.05) is 5.73 Å². The second-order valence-corrected chi connectivity index (χ2v) is 5.07. The van der Waals surface area contributed by atoms with Crippen molar-refractivity contribution in [2.24, 2.45) is 0 Å². The molecule has 0 radical (unpaired) electrons. The highest BCUT2D eigenvalue weighted by Gasteiger charge is 2.19. The third kappa shape index (κ3) is 2.84. The van der Waals surface area contributed by atoms with Crippen LogP contribution in [-0.4, -0.2) is 20.4 Å². The lowest BCUT2D eigenvalue weighted by molar-refractivity contribution is 0.0923. The molecule has 2 aromatic rings. The van der Waals surface area contributed by atoms with Crippen LogP contribution in [0.4, 0.5) is 5.69 Å². The summed E-state index contributed by atoms with van der Waals surface area (Å²) in [6.45, 7) is 6.03. The van der Waals surface area contributed by atoms with E-state index in [4.69, 9.17) is 5.73 Å². The van der Waals surface area contributed by atoms with E-state index >= 15 is 0 Å². The third-order valence-electron chi connectivity index (χ3n) is 3.22. The van der Waals surface area contributed by atoms with E-state index in [1.807, 2.05) is 25.3 Å². The highest BCUT2D eigenvalue weighted by molar-refractivity contribution is 5.94. The van der Waals surface area contributed by atoms with Crippen LogP contribution in [0.25, 0.3) is 0 Å². The molecule has 0 aliphatic rings. The Morgan fingerprint density at radius 2 is 2.30 bits per heavy atom. The van der Waals surface area contributed by atoms with Crippen LogP contribution in [0.5, 0.6) is 0 Å². The van der Waals surface area contributed by atoms with Crippen LogP contribution in [0, 0.1) is 0 Å². The standard InChI is InChI=1S/C14H21N5O/c1-4-11(13-16-5-6-17-13)18-14(20)12-7-10(15)8-19(12)9(2)3/h5-9,11H,4,15H2,1-3H3,(H,16,17)(H,18,20). The minimum absolute atomic E-state index is 0.130. The lowest BCUT2D eigenvalue weighted by Crippen LogP contribution is -2.30. The van der Waals surface area contributed by atoms with Crippen molar-refractivity contribution in [3.05, 3.63) is 36.2 Å². The average molecular weight is 275 g/mol. The Hall–Kier alpha value is -2.24. The molecule has 108 valence electrons. The number of nitrogens with two attached hydrogens (primary N) is 1. The minimum Gasteiger partial charge on any atom is -0.397 e. The maximum Gasteiger partial charge on any atom is 0.268 e. The number of nitrogens with zero attached hydrogens (tertiary/aromatic N) is 2. The normalized spacial score (nSPS) is 12.6. The first-order valence-electron chi connectivity index (χ1n) is 6.80. The van der Waals surface area contributed by atoms with Crippen molar-refractivity contribution in [1.29, 1.82) is 0 Å². The van der Waals surface area contributed by atoms with Gasteiger partial charge in [-0.05, 0) is 26.3 Å². The molecule has 0 aliphatic carbocycles. The van der Waals surface area contributed by atoms with Crippen LogP contribution >= 0.6 is 0 Å². The summed E-state index contributed by atoms with van der Waals surface area (Å²) in [6, 6.07) is 1.75. The molecule has 0 saturated heterocycles. The van der Waals surface area contributed by atoms with Gasteiger partial charge >= 0.3 is 0 Å². The Balaban J connectivity index is 2.19. The maximum atomic E-state index is 12.4. The summed E-state index contributed by atoms with van der Waals surface area (Å²) in [5.74, 6) is 0.620. The Morgan fingerprint density at radius 1 is 1.55 bits per heavy atom. The van der Waals surface area contributed by atoms with E-state index in [9.17, 15) is 4.79 Å². The Labute approximate surface area is 118 Å². The first-order valence-corrected chi connectivity index (χ1v) is 6.80. The van der Waals surface area contributed by atoms with Gasteiger partial charge in [0.1, 0.15) is 11.5 Å². The van der Waals surface area contributed by atoms with Gasteiger partial charge in [-0.1, -0.05) is 6.92 Å². The highest BCUT2D eigenvalue weighted by Crippen LogP contribution is 2.18. The Bertz CT molecular complexity index is 570. The number of nitrogen functional groups attached to an aromatic ring is 1. The molecule has 1 unspecified atom stereocenters. The van der Waals surface area contributed by atoms with E-state index in [0.29, 0.717) is 11.4 Å². The molecular weight excluding hydrogens is 254 g/mol. The summed E-state index contributed by atoms with van der Waals surface area (Å²) in [5, 5.41) is 2.98. The monoisotopic (exact) mass is 275 g/mol. The van der Waals surface area contributed by atoms with Crippen LogP contribution in [-0.2, 0) is 0 Å². The number of amides is 1. The molecule has 0 saturated carbocycles. The van der Waals surface area contributed by atoms with Crippen LogP contribution < -0.4 is 11.1 Å². The van der Waals surface area contributed by atoms with Crippen molar-refractivity contribution >= 4 is 11.6 Å². The number of hydrogen-bond donors (Lipinski definition) is 3. The number of hydrogen-bond acceptors (Lipinski definition) is 3. The number of carbonyl (C=O) groups excluding carboxylic acids is 1. The number of nitrogens with one attached hydrogen (secondary N) is 2. The molecule has 1 atom stereocenters. The molecule has 0 fully saturated rings. The first-order chi connectivity index (χ1) is 9.52. The molecule has 4 N–H and O–H groups in total. The van der Waals surface area contributed by atoms with Gasteiger partial charge in [0.2, 0.25) is 0 Å². The van der Waals surface area contributed by atoms with Crippen molar-refractivity contribution < 1.29 is 4.79 Å². The van der Waals surface area contributed by atoms with Crippen molar-refractivity contribution in [3.63, 3.8) is 0 Å². The maximum absolute atomic E-state index is 12.4. The average Bonchev–Trinajstić information content (AvgIpc) is 3.04. The molecule has 0 bridgehead atoms. The molecule has 0 aliphatic heterocycles. The molecule has 6 heteroatoms. The second kappa shape index (κ2) is 5.81. The summed E-state index contributed by atoms with van der Waals surface area (Å²) in [4.78, 5) is 19.6. The van der Waals surface area contributed by atoms with E-state index in [0.717, 1.165) is 12.2 Å². The summed E-state index contributed by atoms with van der Waals surface area (Å²) in [7, 11) is 0. The molecule has 0 aromatic carbocycles. The number of anilines is 1. The zero-order chi connectivity index (χ0) is 14.7. The highest BCUT2D eigenvalue weighted by atomic mass is 16.2. The topological polar surface area (TPSA) is 88.7 Å². The van der Waals surface area contributed by atoms with Crippen LogP contribution in [0.15, 0.2) is 24.7 Å². The summed E-state index contributed by atoms with van der Waals surface area (Å²) < 4.78 is 1.87. The number of aromatic nitrogens is 3. The molecule has 2 rings (SSSR count). The van der Waals surface area contributed by atoms with E-state index in [1.165, 1.54) is 0 Å². The van der Waals surface area contributed by atoms with Gasteiger partial charge in [-0.15, -0.1) is 0 Å². The molecule has 20 heavy (non-hydrogen) atoms. The van der Waals surface area contributed by atoms with Crippen molar-refractivity contribution in [2.45, 2.75) is 39.3 Å². The summed E-state index contributed by atoms with van der Waals surface area (Å²) >= 11 is 0. The fourth-order valence-corrected chi connectivity index (χ4v) is 2.17. The number of rotatable bonds is 5. The SMILES string of the molecule is CCC(NC(=O)c1cc(N)cn1C(C)C)c1ncc[nH]1. The van der Waals surface area contributed by atoms with Crippen LogP contribution in [0.2, 0.25) is 0 Å². The van der Waals surface area contributed by atoms with Gasteiger partial charge in [0.05, 0.1) is 11.7 Å². The van der Waals surface area contributed by atoms with E-state index < -0.39 is 0 Å². The van der Waals surface area contributed by atoms with Crippen LogP contribution in [0.1, 0.15) is 55.6 Å². The van der Waals surface area contributed by atoms with Crippen LogP contribution in [0.3, 0.4) is 0 Å². The molecule has 2 aromatic heterocycles. The second-order valence-electron chi connectivity index (χ2n) is 5.07. The van der Waals surface area contributed by atoms with Gasteiger partial charge in [0.15, 0.2) is 0 Å². The molecule has 1 amide bonds. The molecule has 2 heterocycles. The third-order valence-corrected chi connectivity index (χ3v) is 3.22. The predicted octanol–water partition coefficient (Wildman–Crippen LogP) is 2.26. The number of aromatic amines is 1. The first kappa shape index (κ1) is 14.2. The van der Waals surface area contributed by atoms with Gasteiger partial charge in [0, 0.05) is 24.6 Å². The zero-order valence-electron chi connectivity index (χ0n) is 12.1. The zero-order valence-corrected chi connectivity index (χ0v) is 12.1. The fourth-order valence-electron chi connectivity index (χ4n) is 2.17. The van der Waals surface area contributed by atoms with Gasteiger partial charge in [-0.3, -0.25) is 4.79 Å². The largest absolute Gasteiger partial charge is 0.397 e. The Kier molecular flexibility index (Phi) is 4.12. The fraction of sp³-hybridized carbons (Fsp3) is 0.429. The van der Waals surface area contributed by atoms with E-state index in [-0.39, 0.29) is 18.0 Å². The Morgan fingerprint density at radius 3 is 2.85 bits per heavy atom. The lowest BCUT2D eigenvalue weighted by Gasteiger charge is -2.17. The minimum atomic E-state index is -0.140. The van der Waals surface area contributed by atoms with Gasteiger partial charge in [0.25, 0.3) is 5.91 Å². The smallest absolute Gasteiger partial charge is 0.268 e. The lowest BCUT2D eigenvalue weighted by atomic mass is 10.2. The predicted molar refractivity (Wildman–Crippen MR) is 78.3 cm³/mol.